The fraction of sp³-hybridized carbons (Fsp3) is 0.217. The molecule has 31 heavy (non-hydrogen) atoms. The van der Waals surface area contributed by atoms with E-state index < -0.39 is 17.5 Å². The molecule has 0 aliphatic rings. The summed E-state index contributed by atoms with van der Waals surface area (Å²) in [4.78, 5) is 37.6. The molecular weight excluding hydrogens is 416 g/mol. The Morgan fingerprint density at radius 1 is 1.06 bits per heavy atom. The quantitative estimate of drug-likeness (QED) is 0.595. The van der Waals surface area contributed by atoms with Crippen molar-refractivity contribution in [3.63, 3.8) is 0 Å². The van der Waals surface area contributed by atoms with Crippen molar-refractivity contribution in [2.75, 3.05) is 10.6 Å². The average Bonchev–Trinajstić information content (AvgIpc) is 2.73. The molecule has 1 unspecified atom stereocenters. The van der Waals surface area contributed by atoms with Gasteiger partial charge in [0, 0.05) is 23.2 Å². The van der Waals surface area contributed by atoms with Crippen LogP contribution in [0.5, 0.6) is 0 Å². The third-order valence-electron chi connectivity index (χ3n) is 4.69. The Hall–Kier alpha value is -3.45. The van der Waals surface area contributed by atoms with Gasteiger partial charge in [-0.2, -0.15) is 5.10 Å². The first-order chi connectivity index (χ1) is 14.8. The highest BCUT2D eigenvalue weighted by molar-refractivity contribution is 6.30. The third kappa shape index (κ3) is 5.38. The maximum Gasteiger partial charge on any atom is 0.291 e. The molecule has 1 atom stereocenters. The Labute approximate surface area is 185 Å². The molecule has 0 saturated carbocycles. The smallest absolute Gasteiger partial charge is 0.291 e. The molecule has 0 bridgehead atoms. The van der Waals surface area contributed by atoms with Crippen molar-refractivity contribution in [1.82, 2.24) is 9.78 Å². The van der Waals surface area contributed by atoms with Crippen LogP contribution in [0.1, 0.15) is 31.9 Å². The summed E-state index contributed by atoms with van der Waals surface area (Å²) in [5, 5.41) is 10.3. The number of amides is 2. The summed E-state index contributed by atoms with van der Waals surface area (Å²) < 4.78 is 1.13. The number of anilines is 2. The first-order valence-corrected chi connectivity index (χ1v) is 10.2. The number of nitrogens with zero attached hydrogens (tertiary/aromatic N) is 2. The van der Waals surface area contributed by atoms with E-state index in [2.05, 4.69) is 15.7 Å². The lowest BCUT2D eigenvalue weighted by Crippen LogP contribution is -2.36. The Morgan fingerprint density at radius 2 is 1.71 bits per heavy atom. The van der Waals surface area contributed by atoms with Crippen molar-refractivity contribution in [3.05, 3.63) is 75.5 Å². The molecule has 0 saturated heterocycles. The molecule has 3 aromatic rings. The number of carbonyl (C=O) groups excluding carboxylic acids is 2. The van der Waals surface area contributed by atoms with Crippen LogP contribution in [0.15, 0.2) is 59.4 Å². The van der Waals surface area contributed by atoms with Crippen LogP contribution < -0.4 is 16.2 Å². The Morgan fingerprint density at radius 3 is 2.29 bits per heavy atom. The molecular formula is C23H23ClN4O3. The van der Waals surface area contributed by atoms with Crippen LogP contribution in [0.4, 0.5) is 11.4 Å². The van der Waals surface area contributed by atoms with E-state index in [1.165, 1.54) is 13.0 Å². The summed E-state index contributed by atoms with van der Waals surface area (Å²) in [5.41, 5.74) is 2.38. The zero-order valence-electron chi connectivity index (χ0n) is 17.5. The number of hydrogen-bond donors (Lipinski definition) is 2. The third-order valence-corrected chi connectivity index (χ3v) is 4.94. The Balaban J connectivity index is 2.05. The predicted octanol–water partition coefficient (Wildman–Crippen LogP) is 4.42. The van der Waals surface area contributed by atoms with Crippen LogP contribution in [0, 0.1) is 6.92 Å². The number of carbonyl (C=O) groups is 2. The molecule has 7 nitrogen and oxygen atoms in total. The Bertz CT molecular complexity index is 1150. The molecule has 0 aliphatic carbocycles. The fourth-order valence-corrected chi connectivity index (χ4v) is 3.22. The zero-order chi connectivity index (χ0) is 22.5. The van der Waals surface area contributed by atoms with Gasteiger partial charge in [0.25, 0.3) is 5.56 Å². The van der Waals surface area contributed by atoms with Crippen molar-refractivity contribution in [2.24, 2.45) is 0 Å². The van der Waals surface area contributed by atoms with E-state index in [9.17, 15) is 14.4 Å². The molecule has 0 fully saturated rings. The molecule has 8 heteroatoms. The van der Waals surface area contributed by atoms with Crippen LogP contribution in [0.25, 0.3) is 11.3 Å². The molecule has 0 spiro atoms. The van der Waals surface area contributed by atoms with Crippen molar-refractivity contribution in [3.8, 4) is 11.3 Å². The van der Waals surface area contributed by atoms with Gasteiger partial charge in [-0.1, -0.05) is 48.4 Å². The number of nitrogens with one attached hydrogen (secondary N) is 2. The van der Waals surface area contributed by atoms with Crippen LogP contribution >= 0.6 is 11.6 Å². The molecule has 2 aromatic carbocycles. The largest absolute Gasteiger partial charge is 0.324 e. The van der Waals surface area contributed by atoms with Crippen LogP contribution in [0.3, 0.4) is 0 Å². The second kappa shape index (κ2) is 9.57. The minimum absolute atomic E-state index is 0.0656. The van der Waals surface area contributed by atoms with Crippen molar-refractivity contribution >= 4 is 34.8 Å². The number of aromatic nitrogens is 2. The van der Waals surface area contributed by atoms with E-state index in [0.29, 0.717) is 22.8 Å². The molecule has 2 amide bonds. The second-order valence-electron chi connectivity index (χ2n) is 7.16. The van der Waals surface area contributed by atoms with Gasteiger partial charge in [0.1, 0.15) is 11.7 Å². The van der Waals surface area contributed by atoms with Crippen LogP contribution in [0.2, 0.25) is 5.02 Å². The molecule has 0 radical (unpaired) electrons. The minimum Gasteiger partial charge on any atom is -0.324 e. The predicted molar refractivity (Wildman–Crippen MR) is 122 cm³/mol. The highest BCUT2D eigenvalue weighted by Gasteiger charge is 2.24. The van der Waals surface area contributed by atoms with E-state index >= 15 is 0 Å². The van der Waals surface area contributed by atoms with Crippen molar-refractivity contribution in [1.29, 1.82) is 0 Å². The van der Waals surface area contributed by atoms with E-state index in [1.54, 1.807) is 31.2 Å². The second-order valence-corrected chi connectivity index (χ2v) is 7.60. The SMILES string of the molecule is CCC(C(=O)Nc1ccc(Cl)cc1)n1nc(-c2ccc(C)cc2)cc(NC(C)=O)c1=O. The van der Waals surface area contributed by atoms with E-state index in [4.69, 9.17) is 11.6 Å². The van der Waals surface area contributed by atoms with Gasteiger partial charge in [0.2, 0.25) is 11.8 Å². The zero-order valence-corrected chi connectivity index (χ0v) is 18.2. The molecule has 0 aliphatic heterocycles. The van der Waals surface area contributed by atoms with Crippen LogP contribution in [-0.2, 0) is 9.59 Å². The number of aryl methyl sites for hydroxylation is 1. The number of benzene rings is 2. The van der Waals surface area contributed by atoms with Gasteiger partial charge < -0.3 is 10.6 Å². The summed E-state index contributed by atoms with van der Waals surface area (Å²) >= 11 is 5.90. The standard InChI is InChI=1S/C23H23ClN4O3/c1-4-21(22(30)26-18-11-9-17(24)10-12-18)28-23(31)20(25-15(3)29)13-19(27-28)16-7-5-14(2)6-8-16/h5-13,21H,4H2,1-3H3,(H,25,29)(H,26,30). The molecule has 3 rings (SSSR count). The first kappa shape index (κ1) is 22.2. The van der Waals surface area contributed by atoms with Gasteiger partial charge in [-0.25, -0.2) is 4.68 Å². The van der Waals surface area contributed by atoms with Crippen molar-refractivity contribution in [2.45, 2.75) is 33.2 Å². The van der Waals surface area contributed by atoms with Gasteiger partial charge in [0.15, 0.2) is 0 Å². The summed E-state index contributed by atoms with van der Waals surface area (Å²) in [6, 6.07) is 14.9. The van der Waals surface area contributed by atoms with Gasteiger partial charge in [-0.05, 0) is 43.7 Å². The highest BCUT2D eigenvalue weighted by Crippen LogP contribution is 2.22. The van der Waals surface area contributed by atoms with Gasteiger partial charge in [-0.15, -0.1) is 0 Å². The summed E-state index contributed by atoms with van der Waals surface area (Å²) in [7, 11) is 0. The number of hydrogen-bond acceptors (Lipinski definition) is 4. The maximum absolute atomic E-state index is 13.0. The average molecular weight is 439 g/mol. The number of rotatable bonds is 6. The molecule has 1 heterocycles. The number of halogens is 1. The Kier molecular flexibility index (Phi) is 6.87. The molecule has 160 valence electrons. The first-order valence-electron chi connectivity index (χ1n) is 9.83. The van der Waals surface area contributed by atoms with Gasteiger partial charge in [-0.3, -0.25) is 14.4 Å². The van der Waals surface area contributed by atoms with E-state index in [1.807, 2.05) is 31.2 Å². The minimum atomic E-state index is -0.874. The summed E-state index contributed by atoms with van der Waals surface area (Å²) in [6.45, 7) is 5.08. The lowest BCUT2D eigenvalue weighted by atomic mass is 10.1. The maximum atomic E-state index is 13.0. The normalized spacial score (nSPS) is 11.6. The van der Waals surface area contributed by atoms with Gasteiger partial charge >= 0.3 is 0 Å². The summed E-state index contributed by atoms with van der Waals surface area (Å²) in [6.07, 6.45) is 0.323. The van der Waals surface area contributed by atoms with Crippen molar-refractivity contribution < 1.29 is 9.59 Å². The lowest BCUT2D eigenvalue weighted by Gasteiger charge is -2.19. The van der Waals surface area contributed by atoms with E-state index in [-0.39, 0.29) is 11.6 Å². The lowest BCUT2D eigenvalue weighted by molar-refractivity contribution is -0.119. The van der Waals surface area contributed by atoms with Crippen LogP contribution in [-0.4, -0.2) is 21.6 Å². The molecule has 2 N–H and O–H groups in total. The van der Waals surface area contributed by atoms with E-state index in [0.717, 1.165) is 15.8 Å². The fourth-order valence-electron chi connectivity index (χ4n) is 3.10. The molecule has 1 aromatic heterocycles. The monoisotopic (exact) mass is 438 g/mol. The topological polar surface area (TPSA) is 93.1 Å². The van der Waals surface area contributed by atoms with Gasteiger partial charge in [0.05, 0.1) is 5.69 Å². The highest BCUT2D eigenvalue weighted by atomic mass is 35.5. The summed E-state index contributed by atoms with van der Waals surface area (Å²) in [5.74, 6) is -0.780.